The molecule has 0 aromatic carbocycles. The third-order valence-corrected chi connectivity index (χ3v) is 4.77. The van der Waals surface area contributed by atoms with E-state index in [9.17, 15) is 0 Å². The summed E-state index contributed by atoms with van der Waals surface area (Å²) in [7, 11) is 0. The van der Waals surface area contributed by atoms with Crippen molar-refractivity contribution in [1.82, 2.24) is 15.1 Å². The first kappa shape index (κ1) is 14.1. The zero-order valence-corrected chi connectivity index (χ0v) is 12.7. The molecule has 3 heterocycles. The SMILES string of the molecule is ClCc1ccc(N2CCC(CN3CCCC3)CC2)nn1. The molecular weight excluding hydrogens is 272 g/mol. The van der Waals surface area contributed by atoms with Gasteiger partial charge in [-0.2, -0.15) is 5.10 Å². The molecule has 0 aliphatic carbocycles. The summed E-state index contributed by atoms with van der Waals surface area (Å²) in [5, 5.41) is 8.43. The van der Waals surface area contributed by atoms with Crippen LogP contribution in [-0.4, -0.2) is 47.8 Å². The molecule has 2 aliphatic heterocycles. The Hall–Kier alpha value is -0.870. The zero-order valence-electron chi connectivity index (χ0n) is 12.0. The highest BCUT2D eigenvalue weighted by Crippen LogP contribution is 2.23. The van der Waals surface area contributed by atoms with Gasteiger partial charge in [0.25, 0.3) is 0 Å². The van der Waals surface area contributed by atoms with Crippen molar-refractivity contribution >= 4 is 17.4 Å². The van der Waals surface area contributed by atoms with Crippen LogP contribution in [-0.2, 0) is 5.88 Å². The van der Waals surface area contributed by atoms with E-state index >= 15 is 0 Å². The number of halogens is 1. The molecular formula is C15H23ClN4. The summed E-state index contributed by atoms with van der Waals surface area (Å²) in [5.74, 6) is 2.29. The van der Waals surface area contributed by atoms with Crippen molar-refractivity contribution in [3.8, 4) is 0 Å². The van der Waals surface area contributed by atoms with Gasteiger partial charge in [0.1, 0.15) is 0 Å². The van der Waals surface area contributed by atoms with Crippen molar-refractivity contribution in [3.63, 3.8) is 0 Å². The van der Waals surface area contributed by atoms with E-state index in [1.165, 1.54) is 45.3 Å². The maximum Gasteiger partial charge on any atom is 0.151 e. The first-order valence-electron chi connectivity index (χ1n) is 7.71. The number of piperidine rings is 1. The molecule has 4 nitrogen and oxygen atoms in total. The lowest BCUT2D eigenvalue weighted by Crippen LogP contribution is -2.38. The van der Waals surface area contributed by atoms with Crippen molar-refractivity contribution in [3.05, 3.63) is 17.8 Å². The summed E-state index contributed by atoms with van der Waals surface area (Å²) in [6.45, 7) is 6.13. The van der Waals surface area contributed by atoms with E-state index in [1.54, 1.807) is 0 Å². The second-order valence-corrected chi connectivity index (χ2v) is 6.22. The van der Waals surface area contributed by atoms with Crippen LogP contribution in [0.4, 0.5) is 5.82 Å². The Morgan fingerprint density at radius 2 is 1.80 bits per heavy atom. The fraction of sp³-hybridized carbons (Fsp3) is 0.733. The van der Waals surface area contributed by atoms with Crippen LogP contribution >= 0.6 is 11.6 Å². The Labute approximate surface area is 126 Å². The normalized spacial score (nSPS) is 21.6. The molecule has 110 valence electrons. The molecule has 0 amide bonds. The number of alkyl halides is 1. The summed E-state index contributed by atoms with van der Waals surface area (Å²) in [6.07, 6.45) is 5.33. The second kappa shape index (κ2) is 6.72. The lowest BCUT2D eigenvalue weighted by Gasteiger charge is -2.34. The average molecular weight is 295 g/mol. The van der Waals surface area contributed by atoms with Crippen LogP contribution < -0.4 is 4.90 Å². The first-order chi connectivity index (χ1) is 9.85. The third-order valence-electron chi connectivity index (χ3n) is 4.50. The van der Waals surface area contributed by atoms with Crippen LogP contribution in [0.1, 0.15) is 31.4 Å². The Balaban J connectivity index is 1.49. The molecule has 0 spiro atoms. The van der Waals surface area contributed by atoms with Crippen LogP contribution in [0.15, 0.2) is 12.1 Å². The lowest BCUT2D eigenvalue weighted by atomic mass is 9.96. The van der Waals surface area contributed by atoms with Crippen LogP contribution in [0.5, 0.6) is 0 Å². The maximum absolute atomic E-state index is 5.74. The molecule has 2 saturated heterocycles. The number of likely N-dealkylation sites (tertiary alicyclic amines) is 1. The van der Waals surface area contributed by atoms with E-state index in [4.69, 9.17) is 11.6 Å². The average Bonchev–Trinajstić information content (AvgIpc) is 3.01. The number of hydrogen-bond acceptors (Lipinski definition) is 4. The first-order valence-corrected chi connectivity index (χ1v) is 8.24. The molecule has 2 fully saturated rings. The van der Waals surface area contributed by atoms with E-state index < -0.39 is 0 Å². The minimum absolute atomic E-state index is 0.436. The van der Waals surface area contributed by atoms with Crippen molar-refractivity contribution < 1.29 is 0 Å². The summed E-state index contributed by atoms with van der Waals surface area (Å²) in [6, 6.07) is 4.02. The molecule has 0 saturated carbocycles. The van der Waals surface area contributed by atoms with Gasteiger partial charge in [0.15, 0.2) is 5.82 Å². The van der Waals surface area contributed by atoms with Gasteiger partial charge in [0.2, 0.25) is 0 Å². The summed E-state index contributed by atoms with van der Waals surface area (Å²) in [5.41, 5.74) is 0.847. The van der Waals surface area contributed by atoms with E-state index in [-0.39, 0.29) is 0 Å². The van der Waals surface area contributed by atoms with Crippen LogP contribution in [0.3, 0.4) is 0 Å². The van der Waals surface area contributed by atoms with Gasteiger partial charge >= 0.3 is 0 Å². The molecule has 20 heavy (non-hydrogen) atoms. The smallest absolute Gasteiger partial charge is 0.151 e. The molecule has 0 unspecified atom stereocenters. The second-order valence-electron chi connectivity index (χ2n) is 5.95. The van der Waals surface area contributed by atoms with Gasteiger partial charge in [0, 0.05) is 19.6 Å². The summed E-state index contributed by atoms with van der Waals surface area (Å²) < 4.78 is 0. The fourth-order valence-corrected chi connectivity index (χ4v) is 3.41. The highest BCUT2D eigenvalue weighted by molar-refractivity contribution is 6.16. The van der Waals surface area contributed by atoms with E-state index in [0.29, 0.717) is 5.88 Å². The van der Waals surface area contributed by atoms with Crippen LogP contribution in [0.25, 0.3) is 0 Å². The summed E-state index contributed by atoms with van der Waals surface area (Å²) in [4.78, 5) is 4.99. The largest absolute Gasteiger partial charge is 0.355 e. The summed E-state index contributed by atoms with van der Waals surface area (Å²) >= 11 is 5.74. The third kappa shape index (κ3) is 3.41. The minimum Gasteiger partial charge on any atom is -0.355 e. The number of rotatable bonds is 4. The maximum atomic E-state index is 5.74. The Morgan fingerprint density at radius 1 is 1.05 bits per heavy atom. The number of anilines is 1. The quantitative estimate of drug-likeness (QED) is 0.799. The molecule has 1 aromatic rings. The molecule has 0 radical (unpaired) electrons. The van der Waals surface area contributed by atoms with Gasteiger partial charge in [-0.3, -0.25) is 0 Å². The van der Waals surface area contributed by atoms with Gasteiger partial charge in [0.05, 0.1) is 11.6 Å². The standard InChI is InChI=1S/C15H23ClN4/c16-11-14-3-4-15(18-17-14)20-9-5-13(6-10-20)12-19-7-1-2-8-19/h3-4,13H,1-2,5-12H2. The van der Waals surface area contributed by atoms with Crippen molar-refractivity contribution in [2.75, 3.05) is 37.6 Å². The van der Waals surface area contributed by atoms with E-state index in [2.05, 4.69) is 20.0 Å². The molecule has 3 rings (SSSR count). The zero-order chi connectivity index (χ0) is 13.8. The van der Waals surface area contributed by atoms with E-state index in [0.717, 1.165) is 30.5 Å². The van der Waals surface area contributed by atoms with Crippen LogP contribution in [0, 0.1) is 5.92 Å². The van der Waals surface area contributed by atoms with Crippen molar-refractivity contribution in [2.24, 2.45) is 5.92 Å². The van der Waals surface area contributed by atoms with Gasteiger partial charge < -0.3 is 9.80 Å². The molecule has 2 aliphatic rings. The number of hydrogen-bond donors (Lipinski definition) is 0. The predicted molar refractivity (Wildman–Crippen MR) is 82.2 cm³/mol. The number of aromatic nitrogens is 2. The van der Waals surface area contributed by atoms with E-state index in [1.807, 2.05) is 12.1 Å². The Bertz CT molecular complexity index is 408. The fourth-order valence-electron chi connectivity index (χ4n) is 3.27. The van der Waals surface area contributed by atoms with Crippen LogP contribution in [0.2, 0.25) is 0 Å². The molecule has 0 atom stereocenters. The van der Waals surface area contributed by atoms with Gasteiger partial charge in [-0.15, -0.1) is 16.7 Å². The predicted octanol–water partition coefficient (Wildman–Crippen LogP) is 2.53. The number of nitrogens with zero attached hydrogens (tertiary/aromatic N) is 4. The molecule has 1 aromatic heterocycles. The molecule has 0 N–H and O–H groups in total. The minimum atomic E-state index is 0.436. The van der Waals surface area contributed by atoms with Gasteiger partial charge in [-0.25, -0.2) is 0 Å². The Morgan fingerprint density at radius 3 is 2.40 bits per heavy atom. The highest BCUT2D eigenvalue weighted by Gasteiger charge is 2.23. The monoisotopic (exact) mass is 294 g/mol. The lowest BCUT2D eigenvalue weighted by molar-refractivity contribution is 0.249. The van der Waals surface area contributed by atoms with Crippen molar-refractivity contribution in [1.29, 1.82) is 0 Å². The van der Waals surface area contributed by atoms with Gasteiger partial charge in [-0.05, 0) is 56.8 Å². The highest BCUT2D eigenvalue weighted by atomic mass is 35.5. The molecule has 0 bridgehead atoms. The van der Waals surface area contributed by atoms with Gasteiger partial charge in [-0.1, -0.05) is 0 Å². The molecule has 5 heteroatoms. The van der Waals surface area contributed by atoms with Crippen molar-refractivity contribution in [2.45, 2.75) is 31.6 Å². The topological polar surface area (TPSA) is 32.3 Å². The Kier molecular flexibility index (Phi) is 4.73.